The predicted molar refractivity (Wildman–Crippen MR) is 334 cm³/mol. The maximum absolute atomic E-state index is 3.95. The molecule has 0 aliphatic heterocycles. The van der Waals surface area contributed by atoms with Crippen molar-refractivity contribution in [3.05, 3.63) is 262 Å². The molecular formula is C72H86. The molecule has 0 heteroatoms. The zero-order valence-electron chi connectivity index (χ0n) is 47.6. The fourth-order valence-corrected chi connectivity index (χ4v) is 7.67. The first-order valence-corrected chi connectivity index (χ1v) is 23.8. The third kappa shape index (κ3) is 12.7. The highest BCUT2D eigenvalue weighted by Gasteiger charge is 2.20. The standard InChI is InChI=1S/3C12H14.2C10H12.2C8H10/c3*1-7-8(2)10(4)12(6)11(5)9(7)3;2*1-6-7(2)9(4)10(5)8(6)3;2*1-5-6(2)8(4)7(5)3/h3*1-4H2,5-6H3;2*1-3H2,4-5H3;2*1-2H2,3-4H3. The zero-order chi connectivity index (χ0) is 56.8. The number of hydrogen-bond donors (Lipinski definition) is 0. The highest BCUT2D eigenvalue weighted by molar-refractivity contribution is 5.69. The fraction of sp³-hybridized carbons (Fsp3) is 0.194. The summed E-state index contributed by atoms with van der Waals surface area (Å²) in [5.41, 5.74) is 27.9. The number of rotatable bonds is 0. The minimum absolute atomic E-state index is 0.920. The first kappa shape index (κ1) is 62.5. The van der Waals surface area contributed by atoms with E-state index in [1.807, 2.05) is 41.5 Å². The molecule has 0 fully saturated rings. The summed E-state index contributed by atoms with van der Waals surface area (Å²) in [6.07, 6.45) is 0. The molecule has 0 radical (unpaired) electrons. The molecule has 0 saturated heterocycles. The number of benzene rings is 3. The Hall–Kier alpha value is -7.54. The third-order valence-electron chi connectivity index (χ3n) is 15.7. The van der Waals surface area contributed by atoms with Crippen molar-refractivity contribution in [2.45, 2.75) is 96.9 Å². The summed E-state index contributed by atoms with van der Waals surface area (Å²) in [4.78, 5) is 0. The van der Waals surface area contributed by atoms with E-state index < -0.39 is 0 Å². The van der Waals surface area contributed by atoms with Gasteiger partial charge in [0.15, 0.2) is 0 Å². The SMILES string of the molecule is C=C1C(=C)C(C)=C(C)C1=C.C=C1C(=C)C(C)=C(C)C1=C.C=C1C(=C)C(C)=C1C.C=C1C(=C)C(C)=C1C.C=c1c(C)c(C)c(=C)c(=C)c1=C.C=c1c(C)c(C)c(=C)c(=C)c1=C.C=c1c(C)c(C)c(=C)c(=C)c1=C. The molecular weight excluding hydrogens is 865 g/mol. The second kappa shape index (κ2) is 24.5. The van der Waals surface area contributed by atoms with E-state index in [4.69, 9.17) is 0 Å². The lowest BCUT2D eigenvalue weighted by Crippen LogP contribution is -2.48. The van der Waals surface area contributed by atoms with Crippen LogP contribution in [0.1, 0.15) is 88.8 Å². The van der Waals surface area contributed by atoms with Crippen LogP contribution < -0.4 is 62.6 Å². The predicted octanol–water partition coefficient (Wildman–Crippen LogP) is 10.7. The highest BCUT2D eigenvalue weighted by Crippen LogP contribution is 2.38. The van der Waals surface area contributed by atoms with Gasteiger partial charge >= 0.3 is 0 Å². The summed E-state index contributed by atoms with van der Waals surface area (Å²) >= 11 is 0. The second-order valence-corrected chi connectivity index (χ2v) is 19.3. The number of hydrogen-bond acceptors (Lipinski definition) is 0. The van der Waals surface area contributed by atoms with Gasteiger partial charge < -0.3 is 0 Å². The van der Waals surface area contributed by atoms with Crippen LogP contribution in [0.15, 0.2) is 166 Å². The zero-order valence-corrected chi connectivity index (χ0v) is 47.6. The van der Waals surface area contributed by atoms with Crippen LogP contribution in [0.5, 0.6) is 0 Å². The summed E-state index contributed by atoms with van der Waals surface area (Å²) in [6, 6.07) is 0. The van der Waals surface area contributed by atoms with E-state index in [1.54, 1.807) is 0 Å². The molecule has 0 unspecified atom stereocenters. The smallest absolute Gasteiger partial charge is 0.0187 e. The maximum atomic E-state index is 3.95. The normalized spacial score (nSPS) is 14.7. The van der Waals surface area contributed by atoms with Gasteiger partial charge in [0.1, 0.15) is 0 Å². The Kier molecular flexibility index (Phi) is 21.3. The molecule has 4 aliphatic carbocycles. The van der Waals surface area contributed by atoms with Gasteiger partial charge in [0.25, 0.3) is 0 Å². The van der Waals surface area contributed by atoms with Crippen LogP contribution in [0.4, 0.5) is 0 Å². The van der Waals surface area contributed by atoms with Crippen LogP contribution in [0.2, 0.25) is 0 Å². The number of allylic oxidation sites excluding steroid dienone is 18. The minimum Gasteiger partial charge on any atom is -0.0909 e. The summed E-state index contributed by atoms with van der Waals surface area (Å²) in [6.45, 7) is 115. The van der Waals surface area contributed by atoms with E-state index >= 15 is 0 Å². The van der Waals surface area contributed by atoms with Crippen molar-refractivity contribution in [3.8, 4) is 0 Å². The van der Waals surface area contributed by atoms with Crippen molar-refractivity contribution in [1.29, 1.82) is 0 Å². The monoisotopic (exact) mass is 951 g/mol. The molecule has 0 heterocycles. The first-order valence-electron chi connectivity index (χ1n) is 23.8. The quantitative estimate of drug-likeness (QED) is 0.211. The van der Waals surface area contributed by atoms with Crippen molar-refractivity contribution < 1.29 is 0 Å². The lowest BCUT2D eigenvalue weighted by molar-refractivity contribution is 1.17. The Morgan fingerprint density at radius 3 is 0.278 bits per heavy atom. The molecule has 3 aromatic carbocycles. The van der Waals surface area contributed by atoms with Crippen molar-refractivity contribution >= 4 is 78.9 Å². The molecule has 0 N–H and O–H groups in total. The van der Waals surface area contributed by atoms with Gasteiger partial charge in [-0.05, 0) is 293 Å². The van der Waals surface area contributed by atoms with E-state index in [2.05, 4.69) is 200 Å². The lowest BCUT2D eigenvalue weighted by Gasteiger charge is -2.23. The molecule has 0 saturated carbocycles. The fourth-order valence-electron chi connectivity index (χ4n) is 7.67. The Morgan fingerprint density at radius 1 is 0.125 bits per heavy atom. The first-order chi connectivity index (χ1) is 32.8. The summed E-state index contributed by atoms with van der Waals surface area (Å²) < 4.78 is 0. The molecule has 0 nitrogen and oxygen atoms in total. The van der Waals surface area contributed by atoms with Gasteiger partial charge in [-0.1, -0.05) is 145 Å². The van der Waals surface area contributed by atoms with Crippen LogP contribution in [0.3, 0.4) is 0 Å². The largest absolute Gasteiger partial charge is 0.0909 e. The molecule has 374 valence electrons. The van der Waals surface area contributed by atoms with Crippen LogP contribution >= 0.6 is 0 Å². The van der Waals surface area contributed by atoms with Crippen molar-refractivity contribution in [3.63, 3.8) is 0 Å². The Labute approximate surface area is 435 Å². The van der Waals surface area contributed by atoms with Gasteiger partial charge in [-0.2, -0.15) is 0 Å². The molecule has 3 aromatic rings. The molecule has 0 spiro atoms. The van der Waals surface area contributed by atoms with Crippen molar-refractivity contribution in [2.24, 2.45) is 0 Å². The molecule has 7 rings (SSSR count). The van der Waals surface area contributed by atoms with E-state index in [9.17, 15) is 0 Å². The Morgan fingerprint density at radius 2 is 0.208 bits per heavy atom. The molecule has 0 bridgehead atoms. The van der Waals surface area contributed by atoms with Gasteiger partial charge in [0, 0.05) is 0 Å². The molecule has 72 heavy (non-hydrogen) atoms. The average Bonchev–Trinajstić information content (AvgIpc) is 3.65. The maximum Gasteiger partial charge on any atom is -0.0187 e. The van der Waals surface area contributed by atoms with E-state index in [1.165, 1.54) is 78.0 Å². The van der Waals surface area contributed by atoms with E-state index in [0.717, 1.165) is 118 Å². The summed E-state index contributed by atoms with van der Waals surface area (Å²) in [5.74, 6) is 0. The second-order valence-electron chi connectivity index (χ2n) is 19.3. The van der Waals surface area contributed by atoms with Gasteiger partial charge in [-0.3, -0.25) is 0 Å². The van der Waals surface area contributed by atoms with Crippen molar-refractivity contribution in [2.75, 3.05) is 0 Å². The van der Waals surface area contributed by atoms with Gasteiger partial charge in [-0.15, -0.1) is 0 Å². The van der Waals surface area contributed by atoms with E-state index in [-0.39, 0.29) is 0 Å². The Bertz CT molecular complexity index is 3230. The average molecular weight is 951 g/mol. The van der Waals surface area contributed by atoms with Gasteiger partial charge in [0.2, 0.25) is 0 Å². The lowest BCUT2D eigenvalue weighted by atomic mass is 9.82. The molecule has 0 amide bonds. The third-order valence-corrected chi connectivity index (χ3v) is 15.7. The topological polar surface area (TPSA) is 0 Å². The van der Waals surface area contributed by atoms with Crippen LogP contribution in [0.25, 0.3) is 78.9 Å². The Balaban J connectivity index is 0.000000422. The van der Waals surface area contributed by atoms with Crippen LogP contribution in [0, 0.1) is 41.5 Å². The van der Waals surface area contributed by atoms with E-state index in [0.29, 0.717) is 0 Å². The van der Waals surface area contributed by atoms with Crippen LogP contribution in [-0.2, 0) is 0 Å². The highest BCUT2D eigenvalue weighted by atomic mass is 14.2. The van der Waals surface area contributed by atoms with Crippen LogP contribution in [-0.4, -0.2) is 0 Å². The molecule has 0 aromatic heterocycles. The summed E-state index contributed by atoms with van der Waals surface area (Å²) in [5, 5.41) is 11.5. The summed E-state index contributed by atoms with van der Waals surface area (Å²) in [7, 11) is 0. The van der Waals surface area contributed by atoms with Crippen molar-refractivity contribution in [1.82, 2.24) is 0 Å². The van der Waals surface area contributed by atoms with Gasteiger partial charge in [0.05, 0.1) is 0 Å². The molecule has 0 atom stereocenters. The van der Waals surface area contributed by atoms with Gasteiger partial charge in [-0.25, -0.2) is 0 Å². The molecule has 4 aliphatic rings. The minimum atomic E-state index is 0.920.